The molecule has 0 aromatic heterocycles. The van der Waals surface area contributed by atoms with Gasteiger partial charge in [0.1, 0.15) is 0 Å². The fourth-order valence-corrected chi connectivity index (χ4v) is 1.02. The molecule has 0 radical (unpaired) electrons. The van der Waals surface area contributed by atoms with Crippen molar-refractivity contribution < 1.29 is 9.53 Å². The van der Waals surface area contributed by atoms with Gasteiger partial charge >= 0.3 is 5.97 Å². The third kappa shape index (κ3) is 2.87. The maximum atomic E-state index is 11.5. The van der Waals surface area contributed by atoms with Gasteiger partial charge in [0, 0.05) is 0 Å². The molecule has 1 atom stereocenters. The third-order valence-electron chi connectivity index (χ3n) is 2.17. The van der Waals surface area contributed by atoms with Crippen molar-refractivity contribution in [1.82, 2.24) is 0 Å². The smallest absolute Gasteiger partial charge is 0.338 e. The van der Waals surface area contributed by atoms with Crippen LogP contribution in [0.25, 0.3) is 0 Å². The van der Waals surface area contributed by atoms with E-state index >= 15 is 0 Å². The van der Waals surface area contributed by atoms with Crippen molar-refractivity contribution in [2.24, 2.45) is 0 Å². The molecular weight excluding hydrogens is 176 g/mol. The summed E-state index contributed by atoms with van der Waals surface area (Å²) in [6.07, 6.45) is 0.834. The lowest BCUT2D eigenvalue weighted by Gasteiger charge is -2.10. The number of hydrogen-bond acceptors (Lipinski definition) is 2. The summed E-state index contributed by atoms with van der Waals surface area (Å²) in [5, 5.41) is 0. The van der Waals surface area contributed by atoms with Gasteiger partial charge in [0.25, 0.3) is 0 Å². The number of rotatable bonds is 3. The molecule has 0 unspecified atom stereocenters. The van der Waals surface area contributed by atoms with Gasteiger partial charge in [-0.2, -0.15) is 0 Å². The third-order valence-corrected chi connectivity index (χ3v) is 2.17. The molecule has 0 bridgehead atoms. The zero-order valence-electron chi connectivity index (χ0n) is 8.91. The highest BCUT2D eigenvalue weighted by Gasteiger charge is 2.09. The van der Waals surface area contributed by atoms with E-state index < -0.39 is 0 Å². The summed E-state index contributed by atoms with van der Waals surface area (Å²) >= 11 is 0. The Morgan fingerprint density at radius 1 is 1.36 bits per heavy atom. The molecule has 2 heteroatoms. The van der Waals surface area contributed by atoms with E-state index in [0.717, 1.165) is 12.0 Å². The van der Waals surface area contributed by atoms with Crippen molar-refractivity contribution in [3.05, 3.63) is 35.4 Å². The second-order valence-corrected chi connectivity index (χ2v) is 3.49. The second-order valence-electron chi connectivity index (χ2n) is 3.49. The maximum Gasteiger partial charge on any atom is 0.338 e. The first kappa shape index (κ1) is 10.8. The van der Waals surface area contributed by atoms with Crippen LogP contribution >= 0.6 is 0 Å². The molecule has 2 nitrogen and oxygen atoms in total. The van der Waals surface area contributed by atoms with Gasteiger partial charge in [0.05, 0.1) is 11.7 Å². The quantitative estimate of drug-likeness (QED) is 0.688. The summed E-state index contributed by atoms with van der Waals surface area (Å²) in [7, 11) is 0. The second kappa shape index (κ2) is 4.80. The number of aryl methyl sites for hydroxylation is 1. The Balaban J connectivity index is 2.65. The lowest BCUT2D eigenvalue weighted by Crippen LogP contribution is -2.13. The molecular formula is C12H16O2. The van der Waals surface area contributed by atoms with Crippen LogP contribution in [-0.2, 0) is 4.74 Å². The van der Waals surface area contributed by atoms with E-state index in [-0.39, 0.29) is 12.1 Å². The van der Waals surface area contributed by atoms with E-state index in [0.29, 0.717) is 5.56 Å². The minimum atomic E-state index is -0.237. The molecule has 1 aromatic carbocycles. The molecule has 0 aliphatic rings. The van der Waals surface area contributed by atoms with E-state index in [2.05, 4.69) is 0 Å². The van der Waals surface area contributed by atoms with Crippen LogP contribution in [0.5, 0.6) is 0 Å². The van der Waals surface area contributed by atoms with Gasteiger partial charge in [-0.25, -0.2) is 4.79 Å². The Kier molecular flexibility index (Phi) is 3.69. The number of carbonyl (C=O) groups is 1. The summed E-state index contributed by atoms with van der Waals surface area (Å²) in [5.74, 6) is -0.237. The molecule has 0 amide bonds. The molecule has 1 aromatic rings. The molecule has 0 saturated heterocycles. The van der Waals surface area contributed by atoms with Crippen molar-refractivity contribution in [3.8, 4) is 0 Å². The van der Waals surface area contributed by atoms with Gasteiger partial charge in [-0.05, 0) is 32.4 Å². The normalized spacial score (nSPS) is 12.2. The Morgan fingerprint density at radius 3 is 2.43 bits per heavy atom. The molecule has 0 aliphatic heterocycles. The molecule has 1 rings (SSSR count). The average molecular weight is 192 g/mol. The minimum Gasteiger partial charge on any atom is -0.459 e. The van der Waals surface area contributed by atoms with Crippen LogP contribution < -0.4 is 0 Å². The van der Waals surface area contributed by atoms with Gasteiger partial charge in [-0.15, -0.1) is 0 Å². The number of ether oxygens (including phenoxy) is 1. The molecule has 0 aliphatic carbocycles. The molecule has 0 N–H and O–H groups in total. The molecule has 0 saturated carbocycles. The largest absolute Gasteiger partial charge is 0.459 e. The van der Waals surface area contributed by atoms with Crippen molar-refractivity contribution in [2.75, 3.05) is 0 Å². The predicted molar refractivity (Wildman–Crippen MR) is 56.3 cm³/mol. The summed E-state index contributed by atoms with van der Waals surface area (Å²) in [6, 6.07) is 7.40. The van der Waals surface area contributed by atoms with Crippen molar-refractivity contribution in [2.45, 2.75) is 33.3 Å². The van der Waals surface area contributed by atoms with Gasteiger partial charge in [-0.1, -0.05) is 24.6 Å². The Bertz CT molecular complexity index is 301. The Morgan fingerprint density at radius 2 is 1.93 bits per heavy atom. The number of benzene rings is 1. The van der Waals surface area contributed by atoms with Gasteiger partial charge < -0.3 is 4.74 Å². The highest BCUT2D eigenvalue weighted by atomic mass is 16.5. The molecule has 0 spiro atoms. The molecule has 0 heterocycles. The fourth-order valence-electron chi connectivity index (χ4n) is 1.02. The highest BCUT2D eigenvalue weighted by molar-refractivity contribution is 5.89. The van der Waals surface area contributed by atoms with Crippen molar-refractivity contribution in [1.29, 1.82) is 0 Å². The van der Waals surface area contributed by atoms with Crippen LogP contribution in [0.3, 0.4) is 0 Å². The SMILES string of the molecule is CC[C@H](C)OC(=O)c1ccc(C)cc1. The lowest BCUT2D eigenvalue weighted by molar-refractivity contribution is 0.0334. The number of esters is 1. The van der Waals surface area contributed by atoms with E-state index in [1.54, 1.807) is 12.1 Å². The van der Waals surface area contributed by atoms with Gasteiger partial charge in [0.15, 0.2) is 0 Å². The zero-order valence-corrected chi connectivity index (χ0v) is 8.91. The first-order chi connectivity index (χ1) is 6.63. The first-order valence-electron chi connectivity index (χ1n) is 4.91. The fraction of sp³-hybridized carbons (Fsp3) is 0.417. The maximum absolute atomic E-state index is 11.5. The summed E-state index contributed by atoms with van der Waals surface area (Å²) in [4.78, 5) is 11.5. The van der Waals surface area contributed by atoms with Gasteiger partial charge in [-0.3, -0.25) is 0 Å². The van der Waals surface area contributed by atoms with Crippen LogP contribution in [-0.4, -0.2) is 12.1 Å². The summed E-state index contributed by atoms with van der Waals surface area (Å²) in [6.45, 7) is 5.88. The average Bonchev–Trinajstić information content (AvgIpc) is 2.18. The Labute approximate surface area is 84.9 Å². The van der Waals surface area contributed by atoms with Crippen LogP contribution in [0.15, 0.2) is 24.3 Å². The Hall–Kier alpha value is -1.31. The number of carbonyl (C=O) groups excluding carboxylic acids is 1. The standard InChI is InChI=1S/C12H16O2/c1-4-10(3)14-12(13)11-7-5-9(2)6-8-11/h5-8,10H,4H2,1-3H3/t10-/m0/s1. The van der Waals surface area contributed by atoms with E-state index in [4.69, 9.17) is 4.74 Å². The highest BCUT2D eigenvalue weighted by Crippen LogP contribution is 2.07. The van der Waals surface area contributed by atoms with Crippen molar-refractivity contribution in [3.63, 3.8) is 0 Å². The minimum absolute atomic E-state index is 0.0104. The van der Waals surface area contributed by atoms with E-state index in [1.165, 1.54) is 0 Å². The summed E-state index contributed by atoms with van der Waals surface area (Å²) in [5.41, 5.74) is 1.76. The van der Waals surface area contributed by atoms with E-state index in [1.807, 2.05) is 32.9 Å². The van der Waals surface area contributed by atoms with Gasteiger partial charge in [0.2, 0.25) is 0 Å². The van der Waals surface area contributed by atoms with Crippen LogP contribution in [0.2, 0.25) is 0 Å². The lowest BCUT2D eigenvalue weighted by atomic mass is 10.1. The molecule has 14 heavy (non-hydrogen) atoms. The van der Waals surface area contributed by atoms with Crippen LogP contribution in [0.4, 0.5) is 0 Å². The monoisotopic (exact) mass is 192 g/mol. The topological polar surface area (TPSA) is 26.3 Å². The molecule has 0 fully saturated rings. The predicted octanol–water partition coefficient (Wildman–Crippen LogP) is 2.95. The van der Waals surface area contributed by atoms with Crippen molar-refractivity contribution >= 4 is 5.97 Å². The number of hydrogen-bond donors (Lipinski definition) is 0. The van der Waals surface area contributed by atoms with Crippen LogP contribution in [0, 0.1) is 6.92 Å². The van der Waals surface area contributed by atoms with E-state index in [9.17, 15) is 4.79 Å². The van der Waals surface area contributed by atoms with Crippen LogP contribution in [0.1, 0.15) is 36.2 Å². The first-order valence-corrected chi connectivity index (χ1v) is 4.91. The summed E-state index contributed by atoms with van der Waals surface area (Å²) < 4.78 is 5.19. The zero-order chi connectivity index (χ0) is 10.6. The molecule has 76 valence electrons.